The third-order valence-electron chi connectivity index (χ3n) is 6.45. The van der Waals surface area contributed by atoms with Crippen LogP contribution in [0.1, 0.15) is 56.4 Å². The number of rotatable bonds is 5. The van der Waals surface area contributed by atoms with Crippen LogP contribution in [0.5, 0.6) is 0 Å². The van der Waals surface area contributed by atoms with E-state index in [4.69, 9.17) is 16.3 Å². The van der Waals surface area contributed by atoms with Crippen LogP contribution in [0.25, 0.3) is 10.9 Å². The quantitative estimate of drug-likeness (QED) is 0.401. The third kappa shape index (κ3) is 5.25. The van der Waals surface area contributed by atoms with Crippen LogP contribution in [0.2, 0.25) is 5.02 Å². The number of hydrogen-bond donors (Lipinski definition) is 0. The fourth-order valence-electron chi connectivity index (χ4n) is 4.91. The van der Waals surface area contributed by atoms with Crippen LogP contribution in [-0.4, -0.2) is 34.1 Å². The van der Waals surface area contributed by atoms with Gasteiger partial charge in [-0.2, -0.15) is 0 Å². The average molecular weight is 471 g/mol. The second-order valence-corrected chi connectivity index (χ2v) is 10.3. The largest absolute Gasteiger partial charge is 0.459 e. The van der Waals surface area contributed by atoms with Gasteiger partial charge in [-0.25, -0.2) is 4.39 Å². The number of carbonyl (C=O) groups is 1. The molecule has 176 valence electrons. The van der Waals surface area contributed by atoms with Gasteiger partial charge in [-0.3, -0.25) is 9.69 Å². The van der Waals surface area contributed by atoms with Gasteiger partial charge in [-0.05, 0) is 83.3 Å². The van der Waals surface area contributed by atoms with E-state index in [0.717, 1.165) is 49.1 Å². The Morgan fingerprint density at radius 2 is 1.82 bits per heavy atom. The Morgan fingerprint density at radius 1 is 1.12 bits per heavy atom. The number of halogens is 2. The molecule has 0 amide bonds. The standard InChI is InChI=1S/C27H32ClFN2O2/c1-18-21(16-30-14-12-19(13-15-30)26-22(28)9-7-10-23(26)29)20-8-5-6-11-24(20)31(18)17-25(32)33-27(2,3)4/h5-11,19H,12-17H2,1-4H3. The molecule has 0 bridgehead atoms. The van der Waals surface area contributed by atoms with Gasteiger partial charge in [-0.1, -0.05) is 35.9 Å². The highest BCUT2D eigenvalue weighted by Gasteiger charge is 2.26. The molecule has 0 radical (unpaired) electrons. The number of aromatic nitrogens is 1. The molecule has 2 heterocycles. The lowest BCUT2D eigenvalue weighted by Gasteiger charge is -2.32. The summed E-state index contributed by atoms with van der Waals surface area (Å²) in [5, 5.41) is 1.69. The Balaban J connectivity index is 1.52. The summed E-state index contributed by atoms with van der Waals surface area (Å²) in [6, 6.07) is 13.1. The maximum absolute atomic E-state index is 14.4. The number of benzene rings is 2. The summed E-state index contributed by atoms with van der Waals surface area (Å²) >= 11 is 6.31. The van der Waals surface area contributed by atoms with Crippen LogP contribution in [0.3, 0.4) is 0 Å². The predicted molar refractivity (Wildman–Crippen MR) is 131 cm³/mol. The van der Waals surface area contributed by atoms with Gasteiger partial charge in [0.15, 0.2) is 0 Å². The Hall–Kier alpha value is -2.37. The number of fused-ring (bicyclic) bond motifs is 1. The maximum atomic E-state index is 14.4. The van der Waals surface area contributed by atoms with Gasteiger partial charge in [0.2, 0.25) is 0 Å². The molecule has 1 aromatic heterocycles. The van der Waals surface area contributed by atoms with Crippen molar-refractivity contribution < 1.29 is 13.9 Å². The Bertz CT molecular complexity index is 1140. The number of ether oxygens (including phenoxy) is 1. The van der Waals surface area contributed by atoms with Gasteiger partial charge in [-0.15, -0.1) is 0 Å². The molecule has 0 unspecified atom stereocenters. The number of para-hydroxylation sites is 1. The summed E-state index contributed by atoms with van der Waals surface area (Å²) in [7, 11) is 0. The minimum atomic E-state index is -0.512. The zero-order valence-corrected chi connectivity index (χ0v) is 20.6. The van der Waals surface area contributed by atoms with Crippen molar-refractivity contribution in [3.8, 4) is 0 Å². The number of likely N-dealkylation sites (tertiary alicyclic amines) is 1. The lowest BCUT2D eigenvalue weighted by Crippen LogP contribution is -2.33. The van der Waals surface area contributed by atoms with Gasteiger partial charge >= 0.3 is 5.97 Å². The molecule has 0 saturated carbocycles. The second kappa shape index (κ2) is 9.47. The van der Waals surface area contributed by atoms with E-state index in [1.54, 1.807) is 12.1 Å². The van der Waals surface area contributed by atoms with Crippen LogP contribution in [0.4, 0.5) is 4.39 Å². The van der Waals surface area contributed by atoms with Gasteiger partial charge in [0.25, 0.3) is 0 Å². The fraction of sp³-hybridized carbons (Fsp3) is 0.444. The monoisotopic (exact) mass is 470 g/mol. The van der Waals surface area contributed by atoms with Crippen LogP contribution in [-0.2, 0) is 22.6 Å². The van der Waals surface area contributed by atoms with E-state index in [-0.39, 0.29) is 24.2 Å². The molecule has 0 atom stereocenters. The molecule has 6 heteroatoms. The first-order valence-electron chi connectivity index (χ1n) is 11.6. The first-order chi connectivity index (χ1) is 15.6. The van der Waals surface area contributed by atoms with Gasteiger partial charge < -0.3 is 9.30 Å². The molecule has 0 aliphatic carbocycles. The van der Waals surface area contributed by atoms with Crippen molar-refractivity contribution in [1.82, 2.24) is 9.47 Å². The topological polar surface area (TPSA) is 34.5 Å². The highest BCUT2D eigenvalue weighted by molar-refractivity contribution is 6.31. The number of carbonyl (C=O) groups excluding carboxylic acids is 1. The molecule has 33 heavy (non-hydrogen) atoms. The molecule has 4 rings (SSSR count). The molecule has 3 aromatic rings. The smallest absolute Gasteiger partial charge is 0.326 e. The average Bonchev–Trinajstić information content (AvgIpc) is 2.99. The third-order valence-corrected chi connectivity index (χ3v) is 6.78. The SMILES string of the molecule is Cc1c(CN2CCC(c3c(F)cccc3Cl)CC2)c2ccccc2n1CC(=O)OC(C)(C)C. The zero-order chi connectivity index (χ0) is 23.8. The van der Waals surface area contributed by atoms with Crippen molar-refractivity contribution in [2.45, 2.75) is 65.1 Å². The molecule has 2 aromatic carbocycles. The van der Waals surface area contributed by atoms with Crippen LogP contribution < -0.4 is 0 Å². The van der Waals surface area contributed by atoms with Crippen LogP contribution in [0, 0.1) is 12.7 Å². The fourth-order valence-corrected chi connectivity index (χ4v) is 5.23. The summed E-state index contributed by atoms with van der Waals surface area (Å²) in [5.41, 5.74) is 3.51. The van der Waals surface area contributed by atoms with Crippen molar-refractivity contribution in [3.63, 3.8) is 0 Å². The highest BCUT2D eigenvalue weighted by Crippen LogP contribution is 2.36. The van der Waals surface area contributed by atoms with Crippen molar-refractivity contribution >= 4 is 28.5 Å². The molecule has 1 aliphatic rings. The van der Waals surface area contributed by atoms with Crippen LogP contribution in [0.15, 0.2) is 42.5 Å². The van der Waals surface area contributed by atoms with Crippen LogP contribution >= 0.6 is 11.6 Å². The van der Waals surface area contributed by atoms with E-state index in [1.165, 1.54) is 11.6 Å². The molecule has 1 aliphatic heterocycles. The molecular weight excluding hydrogens is 439 g/mol. The normalized spacial score (nSPS) is 15.8. The first kappa shape index (κ1) is 23.8. The molecule has 1 fully saturated rings. The summed E-state index contributed by atoms with van der Waals surface area (Å²) < 4.78 is 22.0. The lowest BCUT2D eigenvalue weighted by atomic mass is 9.89. The Labute approximate surface area is 200 Å². The maximum Gasteiger partial charge on any atom is 0.326 e. The molecule has 4 nitrogen and oxygen atoms in total. The van der Waals surface area contributed by atoms with E-state index >= 15 is 0 Å². The minimum Gasteiger partial charge on any atom is -0.459 e. The summed E-state index contributed by atoms with van der Waals surface area (Å²) in [6.45, 7) is 10.5. The first-order valence-corrected chi connectivity index (χ1v) is 12.0. The number of piperidine rings is 1. The van der Waals surface area contributed by atoms with Gasteiger partial charge in [0.1, 0.15) is 18.0 Å². The Kier molecular flexibility index (Phi) is 6.83. The number of esters is 1. The van der Waals surface area contributed by atoms with Crippen molar-refractivity contribution in [1.29, 1.82) is 0 Å². The van der Waals surface area contributed by atoms with Gasteiger partial charge in [0.05, 0.1) is 0 Å². The number of hydrogen-bond acceptors (Lipinski definition) is 3. The lowest BCUT2D eigenvalue weighted by molar-refractivity contribution is -0.155. The van der Waals surface area contributed by atoms with Crippen molar-refractivity contribution in [3.05, 3.63) is 70.1 Å². The highest BCUT2D eigenvalue weighted by atomic mass is 35.5. The summed E-state index contributed by atoms with van der Waals surface area (Å²) in [5.74, 6) is -0.299. The molecular formula is C27H32ClFN2O2. The number of nitrogens with zero attached hydrogens (tertiary/aromatic N) is 2. The second-order valence-electron chi connectivity index (χ2n) is 9.94. The van der Waals surface area contributed by atoms with Gasteiger partial charge in [0, 0.05) is 33.7 Å². The summed E-state index contributed by atoms with van der Waals surface area (Å²) in [4.78, 5) is 15.0. The van der Waals surface area contributed by atoms with Crippen molar-refractivity contribution in [2.24, 2.45) is 0 Å². The van der Waals surface area contributed by atoms with E-state index < -0.39 is 5.60 Å². The Morgan fingerprint density at radius 3 is 2.48 bits per heavy atom. The molecule has 0 N–H and O–H groups in total. The summed E-state index contributed by atoms with van der Waals surface area (Å²) in [6.07, 6.45) is 1.74. The molecule has 1 saturated heterocycles. The minimum absolute atomic E-state index is 0.143. The van der Waals surface area contributed by atoms with E-state index in [1.807, 2.05) is 32.9 Å². The molecule has 0 spiro atoms. The zero-order valence-electron chi connectivity index (χ0n) is 19.8. The van der Waals surface area contributed by atoms with E-state index in [2.05, 4.69) is 28.5 Å². The van der Waals surface area contributed by atoms with E-state index in [9.17, 15) is 9.18 Å². The van der Waals surface area contributed by atoms with E-state index in [0.29, 0.717) is 10.6 Å². The van der Waals surface area contributed by atoms with Crippen molar-refractivity contribution in [2.75, 3.05) is 13.1 Å². The predicted octanol–water partition coefficient (Wildman–Crippen LogP) is 6.46.